The number of carbonyl (C=O) groups excluding carboxylic acids is 1. The van der Waals surface area contributed by atoms with Crippen LogP contribution in [-0.2, 0) is 11.2 Å². The highest BCUT2D eigenvalue weighted by atomic mass is 32.1. The maximum atomic E-state index is 12.3. The molecular formula is C16H24N2OS. The standard InChI is InChI=1S/C16H24N2OS/c1-3-18-10-8-14(9-11-18)17(2)16(19)12-13-4-6-15(20)7-5-13/h4-7,14,20H,3,8-12H2,1-2H3. The van der Waals surface area contributed by atoms with Crippen LogP contribution in [0.5, 0.6) is 0 Å². The zero-order chi connectivity index (χ0) is 14.5. The molecule has 1 aromatic rings. The second-order valence-electron chi connectivity index (χ2n) is 5.51. The minimum atomic E-state index is 0.215. The minimum absolute atomic E-state index is 0.215. The zero-order valence-corrected chi connectivity index (χ0v) is 13.3. The summed E-state index contributed by atoms with van der Waals surface area (Å²) in [5.41, 5.74) is 1.06. The molecule has 1 aliphatic rings. The van der Waals surface area contributed by atoms with Gasteiger partial charge in [-0.3, -0.25) is 4.79 Å². The molecule has 3 nitrogen and oxygen atoms in total. The number of hydrogen-bond acceptors (Lipinski definition) is 3. The monoisotopic (exact) mass is 292 g/mol. The average molecular weight is 292 g/mol. The van der Waals surface area contributed by atoms with Gasteiger partial charge in [0.1, 0.15) is 0 Å². The maximum Gasteiger partial charge on any atom is 0.226 e. The number of benzene rings is 1. The molecule has 0 atom stereocenters. The Labute approximate surface area is 127 Å². The molecule has 1 aromatic carbocycles. The van der Waals surface area contributed by atoms with Gasteiger partial charge in [-0.05, 0) is 37.1 Å². The third-order valence-corrected chi connectivity index (χ3v) is 4.54. The van der Waals surface area contributed by atoms with E-state index < -0.39 is 0 Å². The van der Waals surface area contributed by atoms with Crippen LogP contribution in [0.25, 0.3) is 0 Å². The van der Waals surface area contributed by atoms with Gasteiger partial charge in [-0.2, -0.15) is 0 Å². The molecule has 1 fully saturated rings. The van der Waals surface area contributed by atoms with Crippen LogP contribution in [0.4, 0.5) is 0 Å². The number of likely N-dealkylation sites (tertiary alicyclic amines) is 1. The third kappa shape index (κ3) is 4.00. The first-order valence-electron chi connectivity index (χ1n) is 7.36. The summed E-state index contributed by atoms with van der Waals surface area (Å²) in [4.78, 5) is 17.7. The number of rotatable bonds is 4. The molecule has 1 amide bonds. The molecule has 20 heavy (non-hydrogen) atoms. The highest BCUT2D eigenvalue weighted by Gasteiger charge is 2.24. The van der Waals surface area contributed by atoms with Gasteiger partial charge in [0.15, 0.2) is 0 Å². The lowest BCUT2D eigenvalue weighted by atomic mass is 10.0. The molecule has 1 heterocycles. The van der Waals surface area contributed by atoms with E-state index in [0.29, 0.717) is 12.5 Å². The van der Waals surface area contributed by atoms with Crippen LogP contribution in [0.2, 0.25) is 0 Å². The van der Waals surface area contributed by atoms with Gasteiger partial charge in [-0.1, -0.05) is 19.1 Å². The van der Waals surface area contributed by atoms with Gasteiger partial charge in [-0.25, -0.2) is 0 Å². The first kappa shape index (κ1) is 15.4. The number of likely N-dealkylation sites (N-methyl/N-ethyl adjacent to an activating group) is 1. The number of hydrogen-bond donors (Lipinski definition) is 1. The average Bonchev–Trinajstić information content (AvgIpc) is 2.49. The highest BCUT2D eigenvalue weighted by molar-refractivity contribution is 7.80. The fourth-order valence-electron chi connectivity index (χ4n) is 2.74. The van der Waals surface area contributed by atoms with Crippen LogP contribution in [-0.4, -0.2) is 48.4 Å². The van der Waals surface area contributed by atoms with Gasteiger partial charge < -0.3 is 9.80 Å². The molecule has 0 unspecified atom stereocenters. The molecule has 2 rings (SSSR count). The van der Waals surface area contributed by atoms with Crippen molar-refractivity contribution in [2.45, 2.75) is 37.1 Å². The van der Waals surface area contributed by atoms with Gasteiger partial charge in [0.25, 0.3) is 0 Å². The molecular weight excluding hydrogens is 268 g/mol. The van der Waals surface area contributed by atoms with Crippen LogP contribution in [0.3, 0.4) is 0 Å². The minimum Gasteiger partial charge on any atom is -0.342 e. The van der Waals surface area contributed by atoms with Crippen molar-refractivity contribution < 1.29 is 4.79 Å². The van der Waals surface area contributed by atoms with Gasteiger partial charge in [0.05, 0.1) is 6.42 Å². The van der Waals surface area contributed by atoms with Crippen LogP contribution < -0.4 is 0 Å². The summed E-state index contributed by atoms with van der Waals surface area (Å²) in [6, 6.07) is 8.23. The molecule has 1 saturated heterocycles. The Morgan fingerprint density at radius 2 is 1.90 bits per heavy atom. The lowest BCUT2D eigenvalue weighted by Gasteiger charge is -2.36. The van der Waals surface area contributed by atoms with Gasteiger partial charge in [-0.15, -0.1) is 12.6 Å². The maximum absolute atomic E-state index is 12.3. The summed E-state index contributed by atoms with van der Waals surface area (Å²) in [7, 11) is 1.95. The van der Waals surface area contributed by atoms with Crippen molar-refractivity contribution in [3.8, 4) is 0 Å². The van der Waals surface area contributed by atoms with E-state index in [1.54, 1.807) is 0 Å². The molecule has 1 aliphatic heterocycles. The normalized spacial score (nSPS) is 17.1. The summed E-state index contributed by atoms with van der Waals surface area (Å²) < 4.78 is 0. The Kier molecular flexibility index (Phi) is 5.49. The fourth-order valence-corrected chi connectivity index (χ4v) is 2.89. The molecule has 4 heteroatoms. The largest absolute Gasteiger partial charge is 0.342 e. The topological polar surface area (TPSA) is 23.6 Å². The van der Waals surface area contributed by atoms with Crippen molar-refractivity contribution in [2.24, 2.45) is 0 Å². The van der Waals surface area contributed by atoms with E-state index in [0.717, 1.165) is 42.9 Å². The van der Waals surface area contributed by atoms with Gasteiger partial charge in [0, 0.05) is 31.1 Å². The molecule has 0 spiro atoms. The summed E-state index contributed by atoms with van der Waals surface area (Å²) in [5.74, 6) is 0.215. The smallest absolute Gasteiger partial charge is 0.226 e. The SMILES string of the molecule is CCN1CCC(N(C)C(=O)Cc2ccc(S)cc2)CC1. The van der Waals surface area contributed by atoms with Crippen molar-refractivity contribution in [3.63, 3.8) is 0 Å². The molecule has 0 aromatic heterocycles. The van der Waals surface area contributed by atoms with E-state index >= 15 is 0 Å². The predicted molar refractivity (Wildman–Crippen MR) is 85.3 cm³/mol. The lowest BCUT2D eigenvalue weighted by molar-refractivity contribution is -0.132. The second kappa shape index (κ2) is 7.14. The molecule has 110 valence electrons. The summed E-state index contributed by atoms with van der Waals surface area (Å²) in [6.07, 6.45) is 2.66. The first-order valence-corrected chi connectivity index (χ1v) is 7.80. The number of amides is 1. The quantitative estimate of drug-likeness (QED) is 0.862. The Morgan fingerprint density at radius 3 is 2.45 bits per heavy atom. The number of carbonyl (C=O) groups is 1. The Morgan fingerprint density at radius 1 is 1.30 bits per heavy atom. The van der Waals surface area contributed by atoms with Crippen LogP contribution in [0, 0.1) is 0 Å². The van der Waals surface area contributed by atoms with Crippen LogP contribution in [0.1, 0.15) is 25.3 Å². The van der Waals surface area contributed by atoms with Crippen molar-refractivity contribution >= 4 is 18.5 Å². The third-order valence-electron chi connectivity index (χ3n) is 4.24. The van der Waals surface area contributed by atoms with E-state index in [9.17, 15) is 4.79 Å². The lowest BCUT2D eigenvalue weighted by Crippen LogP contribution is -2.45. The van der Waals surface area contributed by atoms with Crippen LogP contribution in [0.15, 0.2) is 29.2 Å². The van der Waals surface area contributed by atoms with Gasteiger partial charge >= 0.3 is 0 Å². The Balaban J connectivity index is 1.87. The molecule has 0 N–H and O–H groups in total. The van der Waals surface area contributed by atoms with E-state index in [4.69, 9.17) is 0 Å². The molecule has 0 aliphatic carbocycles. The molecule has 0 saturated carbocycles. The fraction of sp³-hybridized carbons (Fsp3) is 0.562. The Bertz CT molecular complexity index is 438. The summed E-state index contributed by atoms with van der Waals surface area (Å²) in [5, 5.41) is 0. The van der Waals surface area contributed by atoms with E-state index in [2.05, 4.69) is 24.5 Å². The van der Waals surface area contributed by atoms with Crippen molar-refractivity contribution in [3.05, 3.63) is 29.8 Å². The van der Waals surface area contributed by atoms with Crippen molar-refractivity contribution in [1.29, 1.82) is 0 Å². The first-order chi connectivity index (χ1) is 9.60. The van der Waals surface area contributed by atoms with E-state index in [-0.39, 0.29) is 5.91 Å². The Hall–Kier alpha value is -1.00. The van der Waals surface area contributed by atoms with E-state index in [1.807, 2.05) is 36.2 Å². The number of thiol groups is 1. The number of piperidine rings is 1. The van der Waals surface area contributed by atoms with Gasteiger partial charge in [0.2, 0.25) is 5.91 Å². The highest BCUT2D eigenvalue weighted by Crippen LogP contribution is 2.16. The summed E-state index contributed by atoms with van der Waals surface area (Å²) in [6.45, 7) is 5.51. The zero-order valence-electron chi connectivity index (χ0n) is 12.4. The molecule has 0 radical (unpaired) electrons. The second-order valence-corrected chi connectivity index (χ2v) is 6.03. The molecule has 0 bridgehead atoms. The van der Waals surface area contributed by atoms with Crippen molar-refractivity contribution in [2.75, 3.05) is 26.7 Å². The van der Waals surface area contributed by atoms with E-state index in [1.165, 1.54) is 0 Å². The van der Waals surface area contributed by atoms with Crippen LogP contribution >= 0.6 is 12.6 Å². The predicted octanol–water partition coefficient (Wildman–Crippen LogP) is 2.46. The number of nitrogens with zero attached hydrogens (tertiary/aromatic N) is 2. The van der Waals surface area contributed by atoms with Crippen molar-refractivity contribution in [1.82, 2.24) is 9.80 Å². The summed E-state index contributed by atoms with van der Waals surface area (Å²) >= 11 is 4.26.